The molecule has 0 bridgehead atoms. The van der Waals surface area contributed by atoms with E-state index in [-0.39, 0.29) is 6.54 Å². The first-order valence-electron chi connectivity index (χ1n) is 7.88. The van der Waals surface area contributed by atoms with Gasteiger partial charge in [-0.2, -0.15) is 4.98 Å². The van der Waals surface area contributed by atoms with Crippen LogP contribution in [0.3, 0.4) is 0 Å². The molecular weight excluding hydrogens is 338 g/mol. The lowest BCUT2D eigenvalue weighted by Crippen LogP contribution is -2.29. The molecule has 1 aromatic heterocycles. The molecule has 25 heavy (non-hydrogen) atoms. The van der Waals surface area contributed by atoms with Gasteiger partial charge >= 0.3 is 0 Å². The average Bonchev–Trinajstić information content (AvgIpc) is 3.09. The van der Waals surface area contributed by atoms with Gasteiger partial charge in [0.2, 0.25) is 10.0 Å². The Bertz CT molecular complexity index is 952. The summed E-state index contributed by atoms with van der Waals surface area (Å²) in [5.41, 5.74) is 1.56. The maximum absolute atomic E-state index is 12.7. The molecule has 0 radical (unpaired) electrons. The highest BCUT2D eigenvalue weighted by Crippen LogP contribution is 2.19. The monoisotopic (exact) mass is 357 g/mol. The zero-order valence-electron chi connectivity index (χ0n) is 14.1. The lowest BCUT2D eigenvalue weighted by molar-refractivity contribution is 0.415. The van der Waals surface area contributed by atoms with E-state index in [9.17, 15) is 8.42 Å². The zero-order valence-corrected chi connectivity index (χ0v) is 14.9. The molecule has 0 aliphatic rings. The Labute approximate surface area is 147 Å². The first kappa shape index (κ1) is 17.3. The number of sulfonamides is 1. The fraction of sp³-hybridized carbons (Fsp3) is 0.222. The molecule has 1 heterocycles. The zero-order chi connectivity index (χ0) is 17.9. The minimum absolute atomic E-state index is 0.268. The Balaban J connectivity index is 1.70. The molecule has 0 aliphatic heterocycles. The van der Waals surface area contributed by atoms with Crippen LogP contribution in [0, 0.1) is 6.92 Å². The van der Waals surface area contributed by atoms with E-state index in [1.807, 2.05) is 36.4 Å². The highest BCUT2D eigenvalue weighted by Gasteiger charge is 2.22. The van der Waals surface area contributed by atoms with E-state index >= 15 is 0 Å². The molecule has 0 fully saturated rings. The van der Waals surface area contributed by atoms with Crippen molar-refractivity contribution in [2.75, 3.05) is 13.6 Å². The fourth-order valence-electron chi connectivity index (χ4n) is 2.44. The van der Waals surface area contributed by atoms with Gasteiger partial charge in [0.1, 0.15) is 0 Å². The third-order valence-electron chi connectivity index (χ3n) is 3.92. The molecule has 130 valence electrons. The van der Waals surface area contributed by atoms with E-state index in [0.29, 0.717) is 23.0 Å². The highest BCUT2D eigenvalue weighted by atomic mass is 32.2. The lowest BCUT2D eigenvalue weighted by Gasteiger charge is -2.17. The highest BCUT2D eigenvalue weighted by molar-refractivity contribution is 7.89. The van der Waals surface area contributed by atoms with Gasteiger partial charge in [-0.05, 0) is 30.7 Å². The smallest absolute Gasteiger partial charge is 0.257 e. The summed E-state index contributed by atoms with van der Waals surface area (Å²) >= 11 is 0. The quantitative estimate of drug-likeness (QED) is 0.678. The number of aromatic nitrogens is 2. The number of rotatable bonds is 6. The van der Waals surface area contributed by atoms with Crippen LogP contribution in [0.1, 0.15) is 11.4 Å². The van der Waals surface area contributed by atoms with Gasteiger partial charge in [0.15, 0.2) is 5.82 Å². The van der Waals surface area contributed by atoms with Crippen LogP contribution in [0.5, 0.6) is 0 Å². The topological polar surface area (TPSA) is 76.3 Å². The SMILES string of the molecule is Cc1ccccc1S(=O)(=O)N(C)CCc1noc(-c2ccccc2)n1. The Morgan fingerprint density at radius 1 is 1.04 bits per heavy atom. The summed E-state index contributed by atoms with van der Waals surface area (Å²) in [6.07, 6.45) is 0.373. The fourth-order valence-corrected chi connectivity index (χ4v) is 3.84. The minimum Gasteiger partial charge on any atom is -0.334 e. The van der Waals surface area contributed by atoms with E-state index < -0.39 is 10.0 Å². The van der Waals surface area contributed by atoms with Gasteiger partial charge in [-0.3, -0.25) is 0 Å². The number of hydrogen-bond donors (Lipinski definition) is 0. The lowest BCUT2D eigenvalue weighted by atomic mass is 10.2. The van der Waals surface area contributed by atoms with Crippen molar-refractivity contribution >= 4 is 10.0 Å². The first-order valence-corrected chi connectivity index (χ1v) is 9.32. The Morgan fingerprint density at radius 2 is 1.72 bits per heavy atom. The van der Waals surface area contributed by atoms with Gasteiger partial charge in [0.25, 0.3) is 5.89 Å². The second-order valence-corrected chi connectivity index (χ2v) is 7.74. The molecule has 7 heteroatoms. The van der Waals surface area contributed by atoms with Crippen molar-refractivity contribution in [1.29, 1.82) is 0 Å². The Hall–Kier alpha value is -2.51. The summed E-state index contributed by atoms with van der Waals surface area (Å²) in [4.78, 5) is 4.64. The van der Waals surface area contributed by atoms with Crippen LogP contribution in [-0.2, 0) is 16.4 Å². The van der Waals surface area contributed by atoms with Crippen molar-refractivity contribution in [2.45, 2.75) is 18.2 Å². The van der Waals surface area contributed by atoms with Gasteiger partial charge in [-0.25, -0.2) is 12.7 Å². The molecule has 0 atom stereocenters. The van der Waals surface area contributed by atoms with Crippen LogP contribution < -0.4 is 0 Å². The average molecular weight is 357 g/mol. The Kier molecular flexibility index (Phi) is 4.96. The summed E-state index contributed by atoms with van der Waals surface area (Å²) in [5.74, 6) is 0.908. The first-order chi connectivity index (χ1) is 12.0. The maximum atomic E-state index is 12.7. The second kappa shape index (κ2) is 7.16. The van der Waals surface area contributed by atoms with Crippen molar-refractivity contribution in [2.24, 2.45) is 0 Å². The van der Waals surface area contributed by atoms with Crippen molar-refractivity contribution in [3.05, 3.63) is 66.0 Å². The van der Waals surface area contributed by atoms with Crippen LogP contribution in [0.15, 0.2) is 64.0 Å². The molecule has 3 aromatic rings. The number of aryl methyl sites for hydroxylation is 1. The summed E-state index contributed by atoms with van der Waals surface area (Å²) < 4.78 is 31.9. The minimum atomic E-state index is -3.54. The van der Waals surface area contributed by atoms with Crippen molar-refractivity contribution in [3.8, 4) is 11.5 Å². The third-order valence-corrected chi connectivity index (χ3v) is 5.94. The molecule has 0 saturated heterocycles. The van der Waals surface area contributed by atoms with Gasteiger partial charge < -0.3 is 4.52 Å². The van der Waals surface area contributed by atoms with E-state index in [2.05, 4.69) is 10.1 Å². The summed E-state index contributed by atoms with van der Waals surface area (Å²) in [6, 6.07) is 16.4. The molecule has 0 spiro atoms. The molecule has 3 rings (SSSR count). The van der Waals surface area contributed by atoms with E-state index in [1.54, 1.807) is 32.2 Å². The van der Waals surface area contributed by atoms with Crippen molar-refractivity contribution < 1.29 is 12.9 Å². The van der Waals surface area contributed by atoms with Crippen LogP contribution >= 0.6 is 0 Å². The standard InChI is InChI=1S/C18H19N3O3S/c1-14-8-6-7-11-16(14)25(22,23)21(2)13-12-17-19-18(24-20-17)15-9-4-3-5-10-15/h3-11H,12-13H2,1-2H3. The molecule has 6 nitrogen and oxygen atoms in total. The van der Waals surface area contributed by atoms with Crippen molar-refractivity contribution in [1.82, 2.24) is 14.4 Å². The second-order valence-electron chi connectivity index (χ2n) is 5.72. The molecule has 0 saturated carbocycles. The largest absolute Gasteiger partial charge is 0.334 e. The van der Waals surface area contributed by atoms with Gasteiger partial charge in [0.05, 0.1) is 4.90 Å². The molecular formula is C18H19N3O3S. The van der Waals surface area contributed by atoms with Crippen LogP contribution in [-0.4, -0.2) is 36.5 Å². The van der Waals surface area contributed by atoms with Crippen LogP contribution in [0.2, 0.25) is 0 Å². The molecule has 0 aliphatic carbocycles. The molecule has 2 aromatic carbocycles. The number of nitrogens with zero attached hydrogens (tertiary/aromatic N) is 3. The van der Waals surface area contributed by atoms with Gasteiger partial charge in [-0.15, -0.1) is 0 Å². The van der Waals surface area contributed by atoms with Crippen LogP contribution in [0.25, 0.3) is 11.5 Å². The molecule has 0 N–H and O–H groups in total. The number of benzene rings is 2. The van der Waals surface area contributed by atoms with Gasteiger partial charge in [-0.1, -0.05) is 41.6 Å². The Morgan fingerprint density at radius 3 is 2.44 bits per heavy atom. The molecule has 0 unspecified atom stereocenters. The van der Waals surface area contributed by atoms with E-state index in [0.717, 1.165) is 11.1 Å². The van der Waals surface area contributed by atoms with E-state index in [4.69, 9.17) is 4.52 Å². The normalized spacial score (nSPS) is 11.8. The third kappa shape index (κ3) is 3.78. The maximum Gasteiger partial charge on any atom is 0.257 e. The van der Waals surface area contributed by atoms with E-state index in [1.165, 1.54) is 4.31 Å². The van der Waals surface area contributed by atoms with Crippen LogP contribution in [0.4, 0.5) is 0 Å². The predicted molar refractivity (Wildman–Crippen MR) is 94.4 cm³/mol. The summed E-state index contributed by atoms with van der Waals surface area (Å²) in [5, 5.41) is 3.93. The predicted octanol–water partition coefficient (Wildman–Crippen LogP) is 2.91. The van der Waals surface area contributed by atoms with Crippen molar-refractivity contribution in [3.63, 3.8) is 0 Å². The number of hydrogen-bond acceptors (Lipinski definition) is 5. The molecule has 0 amide bonds. The number of likely N-dealkylation sites (N-methyl/N-ethyl adjacent to an activating group) is 1. The summed E-state index contributed by atoms with van der Waals surface area (Å²) in [6.45, 7) is 2.05. The van der Waals surface area contributed by atoms with Gasteiger partial charge in [0, 0.05) is 25.6 Å². The summed E-state index contributed by atoms with van der Waals surface area (Å²) in [7, 11) is -1.98.